The molecule has 0 unspecified atom stereocenters. The van der Waals surface area contributed by atoms with Gasteiger partial charge < -0.3 is 0 Å². The fourth-order valence-electron chi connectivity index (χ4n) is 1.04. The summed E-state index contributed by atoms with van der Waals surface area (Å²) in [4.78, 5) is 4.54. The van der Waals surface area contributed by atoms with E-state index < -0.39 is 15.5 Å². The van der Waals surface area contributed by atoms with E-state index in [9.17, 15) is 21.6 Å². The van der Waals surface area contributed by atoms with Gasteiger partial charge in [0.25, 0.3) is 0 Å². The average Bonchev–Trinajstić information content (AvgIpc) is 2.25. The van der Waals surface area contributed by atoms with E-state index in [0.29, 0.717) is 0 Å². The van der Waals surface area contributed by atoms with Crippen molar-refractivity contribution < 1.29 is 26.4 Å². The summed E-state index contributed by atoms with van der Waals surface area (Å²) in [5.41, 5.74) is -5.61. The topological polar surface area (TPSA) is 46.6 Å². The predicted octanol–water partition coefficient (Wildman–Crippen LogP) is 2.29. The minimum absolute atomic E-state index is 0.118. The Bertz CT molecular complexity index is 458. The van der Waals surface area contributed by atoms with Gasteiger partial charge in [-0.2, -0.15) is 21.6 Å². The lowest BCUT2D eigenvalue weighted by atomic mass is 10.3. The number of benzene rings is 1. The second-order valence-electron chi connectivity index (χ2n) is 2.93. The molecule has 0 spiro atoms. The van der Waals surface area contributed by atoms with Crippen LogP contribution in [0.25, 0.3) is 0 Å². The second kappa shape index (κ2) is 4.92. The van der Waals surface area contributed by atoms with E-state index in [1.807, 2.05) is 0 Å². The standard InChI is InChI=1S/C9H10F3NO3S/c1-2-16-13(8-6-4-3-5-7-8)17(14,15)9(10,11)12/h3-7H,2H2,1H3. The zero-order valence-corrected chi connectivity index (χ0v) is 9.62. The third-order valence-corrected chi connectivity index (χ3v) is 3.06. The van der Waals surface area contributed by atoms with E-state index in [2.05, 4.69) is 4.84 Å². The molecule has 0 heterocycles. The van der Waals surface area contributed by atoms with Gasteiger partial charge in [0.1, 0.15) is 0 Å². The summed E-state index contributed by atoms with van der Waals surface area (Å²) in [7, 11) is -5.54. The SMILES string of the molecule is CCON(c1ccccc1)S(=O)(=O)C(F)(F)F. The highest BCUT2D eigenvalue weighted by atomic mass is 32.2. The van der Waals surface area contributed by atoms with E-state index in [1.54, 1.807) is 6.07 Å². The number of halogens is 3. The van der Waals surface area contributed by atoms with Crippen LogP contribution in [0.15, 0.2) is 30.3 Å². The molecule has 0 fully saturated rings. The Morgan fingerprint density at radius 1 is 1.24 bits per heavy atom. The van der Waals surface area contributed by atoms with Crippen LogP contribution in [-0.4, -0.2) is 20.5 Å². The number of alkyl halides is 3. The van der Waals surface area contributed by atoms with Crippen molar-refractivity contribution in [1.82, 2.24) is 0 Å². The third kappa shape index (κ3) is 2.89. The molecule has 0 saturated heterocycles. The van der Waals surface area contributed by atoms with Crippen molar-refractivity contribution in [2.75, 3.05) is 11.1 Å². The van der Waals surface area contributed by atoms with Gasteiger partial charge in [-0.25, -0.2) is 0 Å². The van der Waals surface area contributed by atoms with Crippen molar-refractivity contribution in [2.24, 2.45) is 0 Å². The molecule has 0 aliphatic carbocycles. The van der Waals surface area contributed by atoms with E-state index >= 15 is 0 Å². The number of rotatable bonds is 4. The van der Waals surface area contributed by atoms with Crippen LogP contribution < -0.4 is 4.47 Å². The number of hydrogen-bond acceptors (Lipinski definition) is 3. The molecule has 8 heteroatoms. The predicted molar refractivity (Wildman–Crippen MR) is 55.5 cm³/mol. The highest BCUT2D eigenvalue weighted by Gasteiger charge is 2.51. The third-order valence-electron chi connectivity index (χ3n) is 1.72. The van der Waals surface area contributed by atoms with Crippen LogP contribution in [0.5, 0.6) is 0 Å². The Kier molecular flexibility index (Phi) is 3.99. The monoisotopic (exact) mass is 269 g/mol. The molecule has 0 aliphatic heterocycles. The number of anilines is 1. The number of sulfonamides is 1. The normalized spacial score (nSPS) is 12.5. The first-order valence-corrected chi connectivity index (χ1v) is 6.04. The smallest absolute Gasteiger partial charge is 0.259 e. The molecular weight excluding hydrogens is 259 g/mol. The van der Waals surface area contributed by atoms with Gasteiger partial charge >= 0.3 is 15.5 Å². The van der Waals surface area contributed by atoms with Crippen LogP contribution >= 0.6 is 0 Å². The van der Waals surface area contributed by atoms with Crippen molar-refractivity contribution in [2.45, 2.75) is 12.4 Å². The molecule has 0 aliphatic rings. The Labute approximate surface area is 96.6 Å². The van der Waals surface area contributed by atoms with Gasteiger partial charge in [-0.1, -0.05) is 18.2 Å². The van der Waals surface area contributed by atoms with Crippen LogP contribution in [0.1, 0.15) is 6.92 Å². The summed E-state index contributed by atoms with van der Waals surface area (Å²) in [5.74, 6) is 0. The minimum Gasteiger partial charge on any atom is -0.259 e. The minimum atomic E-state index is -5.54. The first-order valence-electron chi connectivity index (χ1n) is 4.60. The average molecular weight is 269 g/mol. The van der Waals surface area contributed by atoms with Crippen molar-refractivity contribution in [1.29, 1.82) is 0 Å². The summed E-state index contributed by atoms with van der Waals surface area (Å²) in [6.07, 6.45) is 0. The molecule has 1 aromatic carbocycles. The van der Waals surface area contributed by atoms with Crippen molar-refractivity contribution >= 4 is 15.7 Å². The van der Waals surface area contributed by atoms with Gasteiger partial charge in [0.05, 0.1) is 12.3 Å². The van der Waals surface area contributed by atoms with Gasteiger partial charge in [0.15, 0.2) is 0 Å². The Morgan fingerprint density at radius 3 is 2.18 bits per heavy atom. The van der Waals surface area contributed by atoms with E-state index in [0.717, 1.165) is 0 Å². The van der Waals surface area contributed by atoms with Crippen LogP contribution in [0.4, 0.5) is 18.9 Å². The number of para-hydroxylation sites is 1. The maximum absolute atomic E-state index is 12.4. The molecule has 1 rings (SSSR count). The molecule has 0 saturated carbocycles. The quantitative estimate of drug-likeness (QED) is 0.788. The molecular formula is C9H10F3NO3S. The Balaban J connectivity index is 3.20. The maximum atomic E-state index is 12.4. The van der Waals surface area contributed by atoms with Gasteiger partial charge in [-0.05, 0) is 19.1 Å². The molecule has 0 bridgehead atoms. The maximum Gasteiger partial charge on any atom is 0.518 e. The summed E-state index contributed by atoms with van der Waals surface area (Å²) < 4.78 is 59.5. The number of nitrogens with zero attached hydrogens (tertiary/aromatic N) is 1. The second-order valence-corrected chi connectivity index (χ2v) is 4.68. The van der Waals surface area contributed by atoms with Crippen molar-refractivity contribution in [3.8, 4) is 0 Å². The zero-order valence-electron chi connectivity index (χ0n) is 8.81. The molecule has 17 heavy (non-hydrogen) atoms. The van der Waals surface area contributed by atoms with E-state index in [4.69, 9.17) is 0 Å². The van der Waals surface area contributed by atoms with Gasteiger partial charge in [0, 0.05) is 0 Å². The Morgan fingerprint density at radius 2 is 1.76 bits per heavy atom. The van der Waals surface area contributed by atoms with E-state index in [1.165, 1.54) is 31.2 Å². The highest BCUT2D eigenvalue weighted by molar-refractivity contribution is 7.93. The van der Waals surface area contributed by atoms with Gasteiger partial charge in [0.2, 0.25) is 0 Å². The first-order chi connectivity index (χ1) is 7.80. The summed E-state index contributed by atoms with van der Waals surface area (Å²) in [6.45, 7) is 1.19. The number of hydrogen-bond donors (Lipinski definition) is 0. The molecule has 0 aromatic heterocycles. The lowest BCUT2D eigenvalue weighted by molar-refractivity contribution is -0.0473. The Hall–Kier alpha value is -1.28. The molecule has 96 valence electrons. The zero-order chi connectivity index (χ0) is 13.1. The molecule has 0 N–H and O–H groups in total. The molecule has 1 aromatic rings. The summed E-state index contributed by atoms with van der Waals surface area (Å²) in [6, 6.07) is 6.78. The fraction of sp³-hybridized carbons (Fsp3) is 0.333. The molecule has 0 radical (unpaired) electrons. The van der Waals surface area contributed by atoms with Crippen molar-refractivity contribution in [3.63, 3.8) is 0 Å². The fourth-order valence-corrected chi connectivity index (χ4v) is 1.88. The van der Waals surface area contributed by atoms with Crippen LogP contribution in [0.2, 0.25) is 0 Å². The molecule has 4 nitrogen and oxygen atoms in total. The van der Waals surface area contributed by atoms with Crippen LogP contribution in [0, 0.1) is 0 Å². The molecule has 0 atom stereocenters. The van der Waals surface area contributed by atoms with E-state index in [-0.39, 0.29) is 16.8 Å². The lowest BCUT2D eigenvalue weighted by Crippen LogP contribution is -2.40. The lowest BCUT2D eigenvalue weighted by Gasteiger charge is -2.23. The van der Waals surface area contributed by atoms with Crippen LogP contribution in [0.3, 0.4) is 0 Å². The molecule has 0 amide bonds. The van der Waals surface area contributed by atoms with Crippen molar-refractivity contribution in [3.05, 3.63) is 30.3 Å². The van der Waals surface area contributed by atoms with Gasteiger partial charge in [-0.3, -0.25) is 4.84 Å². The van der Waals surface area contributed by atoms with Crippen LogP contribution in [-0.2, 0) is 14.9 Å². The first kappa shape index (κ1) is 13.8. The highest BCUT2D eigenvalue weighted by Crippen LogP contribution is 2.30. The summed E-state index contributed by atoms with van der Waals surface area (Å²) in [5, 5.41) is 0. The largest absolute Gasteiger partial charge is 0.518 e. The summed E-state index contributed by atoms with van der Waals surface area (Å²) >= 11 is 0. The van der Waals surface area contributed by atoms with Gasteiger partial charge in [-0.15, -0.1) is 4.47 Å².